The number of likely N-dealkylation sites (tertiary alicyclic amines) is 2. The van der Waals surface area contributed by atoms with Crippen LogP contribution in [0, 0.1) is 20.2 Å². The Kier molecular flexibility index (Phi) is 16.4. The number of carbonyl (C=O) groups excluding carboxylic acids is 3. The van der Waals surface area contributed by atoms with Crippen molar-refractivity contribution in [1.29, 1.82) is 0 Å². The molecule has 2 N–H and O–H groups in total. The summed E-state index contributed by atoms with van der Waals surface area (Å²) in [5.74, 6) is 0.431. The fourth-order valence-corrected chi connectivity index (χ4v) is 6.68. The number of ether oxygens (including phenoxy) is 2. The summed E-state index contributed by atoms with van der Waals surface area (Å²) in [7, 11) is 0. The van der Waals surface area contributed by atoms with Gasteiger partial charge in [0.1, 0.15) is 29.3 Å². The van der Waals surface area contributed by atoms with E-state index >= 15 is 0 Å². The van der Waals surface area contributed by atoms with Crippen molar-refractivity contribution in [2.45, 2.75) is 66.5 Å². The molecule has 21 nitrogen and oxygen atoms in total. The van der Waals surface area contributed by atoms with Crippen molar-refractivity contribution in [3.63, 3.8) is 0 Å². The molecule has 2 aliphatic heterocycles. The number of rotatable bonds is 10. The zero-order chi connectivity index (χ0) is 41.9. The Labute approximate surface area is 351 Å². The molecule has 5 aromatic heterocycles. The van der Waals surface area contributed by atoms with Crippen LogP contribution in [0.2, 0.25) is 0 Å². The molecule has 7 heterocycles. The van der Waals surface area contributed by atoms with E-state index in [0.29, 0.717) is 93.6 Å². The Hall–Kier alpha value is -7.32. The van der Waals surface area contributed by atoms with Crippen LogP contribution < -0.4 is 10.6 Å². The Morgan fingerprint density at radius 2 is 1.34 bits per heavy atom. The number of hydrogen-bond acceptors (Lipinski definition) is 15. The second-order valence-corrected chi connectivity index (χ2v) is 13.4. The topological polar surface area (TPSA) is 256 Å². The van der Waals surface area contributed by atoms with Gasteiger partial charge in [-0.2, -0.15) is 0 Å². The van der Waals surface area contributed by atoms with Crippen LogP contribution in [0.5, 0.6) is 0 Å². The summed E-state index contributed by atoms with van der Waals surface area (Å²) in [6.07, 6.45) is 7.58. The number of imidazole rings is 1. The van der Waals surface area contributed by atoms with Crippen molar-refractivity contribution in [3.05, 3.63) is 99.2 Å². The van der Waals surface area contributed by atoms with Crippen molar-refractivity contribution >= 4 is 52.1 Å². The molecule has 21 heteroatoms. The van der Waals surface area contributed by atoms with Gasteiger partial charge >= 0.3 is 12.2 Å². The minimum absolute atomic E-state index is 0. The van der Waals surface area contributed by atoms with Gasteiger partial charge in [-0.05, 0) is 63.8 Å². The largest absolute Gasteiger partial charge is 0.450 e. The van der Waals surface area contributed by atoms with E-state index in [-0.39, 0.29) is 61.9 Å². The second-order valence-electron chi connectivity index (χ2n) is 13.4. The first-order valence-corrected chi connectivity index (χ1v) is 19.0. The van der Waals surface area contributed by atoms with Crippen molar-refractivity contribution in [1.82, 2.24) is 39.3 Å². The van der Waals surface area contributed by atoms with Gasteiger partial charge in [-0.15, -0.1) is 0 Å². The highest BCUT2D eigenvalue weighted by molar-refractivity contribution is 6.04. The number of carbonyl (C=O) groups is 3. The number of piperidine rings is 2. The summed E-state index contributed by atoms with van der Waals surface area (Å²) in [6, 6.07) is 13.1. The highest BCUT2D eigenvalue weighted by Gasteiger charge is 2.30. The normalized spacial score (nSPS) is 14.0. The minimum atomic E-state index is -0.578. The molecule has 0 spiro atoms. The number of aromatic nitrogens is 6. The van der Waals surface area contributed by atoms with Crippen LogP contribution in [0.1, 0.15) is 70.9 Å². The molecule has 0 bridgehead atoms. The molecule has 61 heavy (non-hydrogen) atoms. The van der Waals surface area contributed by atoms with E-state index in [4.69, 9.17) is 9.47 Å². The average Bonchev–Trinajstić information content (AvgIpc) is 3.64. The van der Waals surface area contributed by atoms with Crippen LogP contribution in [0.25, 0.3) is 22.7 Å². The quantitative estimate of drug-likeness (QED) is 0.105. The standard InChI is InChI=1S/C19H22N6O5.C19H20N6O4.2CH4/c1-2-30-19(27)24-9-6-13(7-10-24)22-17-16(11-14(12-21-17)25(28)29)23-18(26)15-5-3-4-8-20-15;1-2-29-19(26)23-9-6-13(7-10-23)24-17-16(11-14(12-21-17)25(27)28)22-18(24)15-5-3-4-8-20-15;;/h3-5,8,11-13H,2,6-7,9-10H2,1H3,(H,21,22)(H,23,26);3-5,8,11-13H,2,6-7,9-10H2,1H3;2*1H4. The molecule has 0 unspecified atom stereocenters. The van der Waals surface area contributed by atoms with Gasteiger partial charge in [0.15, 0.2) is 17.3 Å². The van der Waals surface area contributed by atoms with Gasteiger partial charge in [0.2, 0.25) is 0 Å². The number of amides is 3. The lowest BCUT2D eigenvalue weighted by Crippen LogP contribution is -2.42. The third-order valence-corrected chi connectivity index (χ3v) is 9.57. The molecular formula is C40H50N12O9. The summed E-state index contributed by atoms with van der Waals surface area (Å²) in [4.78, 5) is 82.3. The van der Waals surface area contributed by atoms with Crippen LogP contribution in [0.3, 0.4) is 0 Å². The van der Waals surface area contributed by atoms with Gasteiger partial charge < -0.3 is 34.5 Å². The monoisotopic (exact) mass is 842 g/mol. The zero-order valence-corrected chi connectivity index (χ0v) is 32.3. The van der Waals surface area contributed by atoms with E-state index in [2.05, 4.69) is 35.6 Å². The van der Waals surface area contributed by atoms with Crippen LogP contribution in [0.4, 0.5) is 32.5 Å². The number of hydrogen-bond donors (Lipinski definition) is 2. The number of nitro groups is 2. The van der Waals surface area contributed by atoms with Gasteiger partial charge in [0.25, 0.3) is 17.3 Å². The maximum atomic E-state index is 12.5. The lowest BCUT2D eigenvalue weighted by Gasteiger charge is -2.32. The first-order chi connectivity index (χ1) is 28.6. The molecule has 0 radical (unpaired) electrons. The first-order valence-electron chi connectivity index (χ1n) is 19.0. The van der Waals surface area contributed by atoms with Gasteiger partial charge in [-0.3, -0.25) is 35.0 Å². The smallest absolute Gasteiger partial charge is 0.409 e. The summed E-state index contributed by atoms with van der Waals surface area (Å²) in [6.45, 7) is 6.34. The lowest BCUT2D eigenvalue weighted by atomic mass is 10.0. The molecule has 7 rings (SSSR count). The third kappa shape index (κ3) is 11.5. The number of nitrogens with one attached hydrogen (secondary N) is 2. The van der Waals surface area contributed by atoms with Gasteiger partial charge in [-0.1, -0.05) is 27.0 Å². The van der Waals surface area contributed by atoms with Crippen molar-refractivity contribution < 1.29 is 33.7 Å². The maximum Gasteiger partial charge on any atom is 0.409 e. The third-order valence-electron chi connectivity index (χ3n) is 9.57. The molecule has 0 aliphatic carbocycles. The first kappa shape index (κ1) is 46.4. The Morgan fingerprint density at radius 3 is 1.90 bits per heavy atom. The molecule has 0 aromatic carbocycles. The summed E-state index contributed by atoms with van der Waals surface area (Å²) in [5.41, 5.74) is 1.71. The van der Waals surface area contributed by atoms with Crippen LogP contribution in [0.15, 0.2) is 73.3 Å². The fraction of sp³-hybridized carbons (Fsp3) is 0.400. The fourth-order valence-electron chi connectivity index (χ4n) is 6.68. The Bertz CT molecular complexity index is 2280. The molecule has 2 saturated heterocycles. The van der Waals surface area contributed by atoms with E-state index in [1.807, 2.05) is 22.8 Å². The molecule has 3 amide bonds. The van der Waals surface area contributed by atoms with E-state index in [0.717, 1.165) is 6.20 Å². The summed E-state index contributed by atoms with van der Waals surface area (Å²) >= 11 is 0. The molecule has 2 aliphatic rings. The number of fused-ring (bicyclic) bond motifs is 1. The van der Waals surface area contributed by atoms with Crippen LogP contribution in [-0.4, -0.2) is 113 Å². The minimum Gasteiger partial charge on any atom is -0.450 e. The molecule has 0 saturated carbocycles. The predicted octanol–water partition coefficient (Wildman–Crippen LogP) is 7.14. The molecule has 2 fully saturated rings. The zero-order valence-electron chi connectivity index (χ0n) is 32.3. The highest BCUT2D eigenvalue weighted by Crippen LogP contribution is 2.33. The SMILES string of the molecule is C.C.CCOC(=O)N1CCC(Nc2ncc([N+](=O)[O-])cc2NC(=O)c2ccccn2)CC1.CCOC(=O)N1CCC(n2c(-c3ccccn3)nc3cc([N+](=O)[O-])cnc32)CC1. The van der Waals surface area contributed by atoms with Gasteiger partial charge in [0.05, 0.1) is 28.7 Å². The van der Waals surface area contributed by atoms with E-state index in [1.54, 1.807) is 48.0 Å². The maximum absolute atomic E-state index is 12.5. The van der Waals surface area contributed by atoms with E-state index in [1.165, 1.54) is 24.5 Å². The highest BCUT2D eigenvalue weighted by atomic mass is 16.6. The summed E-state index contributed by atoms with van der Waals surface area (Å²) in [5, 5.41) is 28.1. The Morgan fingerprint density at radius 1 is 0.770 bits per heavy atom. The second kappa shape index (κ2) is 21.6. The molecular weight excluding hydrogens is 793 g/mol. The molecule has 0 atom stereocenters. The van der Waals surface area contributed by atoms with Crippen molar-refractivity contribution in [3.8, 4) is 11.5 Å². The van der Waals surface area contributed by atoms with E-state index in [9.17, 15) is 34.6 Å². The lowest BCUT2D eigenvalue weighted by molar-refractivity contribution is -0.385. The van der Waals surface area contributed by atoms with Crippen LogP contribution >= 0.6 is 0 Å². The van der Waals surface area contributed by atoms with Gasteiger partial charge in [-0.25, -0.2) is 24.5 Å². The van der Waals surface area contributed by atoms with Crippen molar-refractivity contribution in [2.24, 2.45) is 0 Å². The van der Waals surface area contributed by atoms with Crippen molar-refractivity contribution in [2.75, 3.05) is 50.0 Å². The predicted molar refractivity (Wildman–Crippen MR) is 226 cm³/mol. The average molecular weight is 843 g/mol. The van der Waals surface area contributed by atoms with Gasteiger partial charge in [0, 0.05) is 62.8 Å². The molecule has 324 valence electrons. The molecule has 5 aromatic rings. The number of anilines is 2. The number of pyridine rings is 4. The van der Waals surface area contributed by atoms with Crippen LogP contribution in [-0.2, 0) is 9.47 Å². The summed E-state index contributed by atoms with van der Waals surface area (Å²) < 4.78 is 12.1. The van der Waals surface area contributed by atoms with E-state index < -0.39 is 15.8 Å². The Balaban J connectivity index is 0.000000260. The number of nitrogens with zero attached hydrogens (tertiary/aromatic N) is 10.